The van der Waals surface area contributed by atoms with Crippen LogP contribution in [0.2, 0.25) is 0 Å². The van der Waals surface area contributed by atoms with Gasteiger partial charge in [-0.3, -0.25) is 9.59 Å². The topological polar surface area (TPSA) is 55.8 Å². The van der Waals surface area contributed by atoms with Gasteiger partial charge in [0.05, 0.1) is 13.0 Å². The van der Waals surface area contributed by atoms with Crippen molar-refractivity contribution in [3.8, 4) is 5.75 Å². The summed E-state index contributed by atoms with van der Waals surface area (Å²) < 4.78 is 10.7. The van der Waals surface area contributed by atoms with Gasteiger partial charge in [0, 0.05) is 13.1 Å². The minimum atomic E-state index is -0.311. The Balaban J connectivity index is 1.64. The standard InChI is InChI=1S/C24H25NO4/c1-2-28-24(27)14-15-25(17-19-8-4-3-5-9-19)23(26)18-29-22-13-12-20-10-6-7-11-21(20)16-22/h3-13,16H,2,14-15,17-18H2,1H3. The Morgan fingerprint density at radius 3 is 2.38 bits per heavy atom. The lowest BCUT2D eigenvalue weighted by Crippen LogP contribution is -2.36. The first-order valence-electron chi connectivity index (χ1n) is 9.74. The van der Waals surface area contributed by atoms with Gasteiger partial charge in [-0.25, -0.2) is 0 Å². The molecule has 0 radical (unpaired) electrons. The number of fused-ring (bicyclic) bond motifs is 1. The van der Waals surface area contributed by atoms with E-state index in [0.717, 1.165) is 16.3 Å². The number of hydrogen-bond donors (Lipinski definition) is 0. The molecule has 0 heterocycles. The molecule has 29 heavy (non-hydrogen) atoms. The Morgan fingerprint density at radius 1 is 0.897 bits per heavy atom. The minimum Gasteiger partial charge on any atom is -0.484 e. The van der Waals surface area contributed by atoms with E-state index in [4.69, 9.17) is 9.47 Å². The van der Waals surface area contributed by atoms with Gasteiger partial charge in [0.2, 0.25) is 0 Å². The fraction of sp³-hybridized carbons (Fsp3) is 0.250. The number of nitrogens with zero attached hydrogens (tertiary/aromatic N) is 1. The van der Waals surface area contributed by atoms with E-state index < -0.39 is 0 Å². The number of carbonyl (C=O) groups excluding carboxylic acids is 2. The molecular weight excluding hydrogens is 366 g/mol. The molecule has 0 spiro atoms. The smallest absolute Gasteiger partial charge is 0.307 e. The zero-order valence-corrected chi connectivity index (χ0v) is 16.5. The van der Waals surface area contributed by atoms with Crippen LogP contribution >= 0.6 is 0 Å². The summed E-state index contributed by atoms with van der Waals surface area (Å²) in [6, 6.07) is 23.4. The maximum atomic E-state index is 12.8. The van der Waals surface area contributed by atoms with E-state index in [-0.39, 0.29) is 31.4 Å². The lowest BCUT2D eigenvalue weighted by atomic mass is 10.1. The molecule has 0 saturated carbocycles. The fourth-order valence-electron chi connectivity index (χ4n) is 3.05. The third-order valence-electron chi connectivity index (χ3n) is 4.54. The first-order valence-corrected chi connectivity index (χ1v) is 9.74. The fourth-order valence-corrected chi connectivity index (χ4v) is 3.05. The van der Waals surface area contributed by atoms with Crippen LogP contribution in [-0.2, 0) is 20.9 Å². The normalized spacial score (nSPS) is 10.5. The Labute approximate surface area is 170 Å². The molecule has 0 aliphatic carbocycles. The predicted molar refractivity (Wildman–Crippen MR) is 113 cm³/mol. The number of carbonyl (C=O) groups is 2. The maximum Gasteiger partial charge on any atom is 0.307 e. The van der Waals surface area contributed by atoms with Gasteiger partial charge in [0.1, 0.15) is 5.75 Å². The minimum absolute atomic E-state index is 0.0893. The maximum absolute atomic E-state index is 12.8. The van der Waals surface area contributed by atoms with E-state index >= 15 is 0 Å². The van der Waals surface area contributed by atoms with E-state index in [1.807, 2.05) is 72.8 Å². The lowest BCUT2D eigenvalue weighted by Gasteiger charge is -2.22. The largest absolute Gasteiger partial charge is 0.484 e. The van der Waals surface area contributed by atoms with Gasteiger partial charge in [-0.15, -0.1) is 0 Å². The molecule has 0 unspecified atom stereocenters. The molecule has 3 rings (SSSR count). The van der Waals surface area contributed by atoms with Crippen molar-refractivity contribution in [3.63, 3.8) is 0 Å². The molecule has 3 aromatic rings. The molecule has 0 aromatic heterocycles. The average Bonchev–Trinajstić information content (AvgIpc) is 2.75. The number of amides is 1. The van der Waals surface area contributed by atoms with Crippen molar-refractivity contribution in [2.45, 2.75) is 19.9 Å². The van der Waals surface area contributed by atoms with Crippen LogP contribution in [0.15, 0.2) is 72.8 Å². The zero-order valence-electron chi connectivity index (χ0n) is 16.5. The molecule has 5 nitrogen and oxygen atoms in total. The molecule has 0 bridgehead atoms. The zero-order chi connectivity index (χ0) is 20.5. The second-order valence-corrected chi connectivity index (χ2v) is 6.65. The first-order chi connectivity index (χ1) is 14.2. The Kier molecular flexibility index (Phi) is 7.22. The molecular formula is C24H25NO4. The van der Waals surface area contributed by atoms with Crippen LogP contribution < -0.4 is 4.74 Å². The van der Waals surface area contributed by atoms with Crippen LogP contribution in [0.25, 0.3) is 10.8 Å². The van der Waals surface area contributed by atoms with Crippen molar-refractivity contribution >= 4 is 22.6 Å². The van der Waals surface area contributed by atoms with Gasteiger partial charge in [0.25, 0.3) is 5.91 Å². The number of benzene rings is 3. The molecule has 5 heteroatoms. The van der Waals surface area contributed by atoms with Crippen LogP contribution in [0.4, 0.5) is 0 Å². The number of hydrogen-bond acceptors (Lipinski definition) is 4. The van der Waals surface area contributed by atoms with E-state index in [2.05, 4.69) is 0 Å². The molecule has 0 saturated heterocycles. The van der Waals surface area contributed by atoms with Crippen LogP contribution in [0.5, 0.6) is 5.75 Å². The monoisotopic (exact) mass is 391 g/mol. The Hall–Kier alpha value is -3.34. The quantitative estimate of drug-likeness (QED) is 0.513. The van der Waals surface area contributed by atoms with E-state index in [1.54, 1.807) is 11.8 Å². The molecule has 150 valence electrons. The van der Waals surface area contributed by atoms with Crippen LogP contribution in [-0.4, -0.2) is 36.5 Å². The Bertz CT molecular complexity index is 955. The highest BCUT2D eigenvalue weighted by Gasteiger charge is 2.17. The summed E-state index contributed by atoms with van der Waals surface area (Å²) in [4.78, 5) is 26.2. The van der Waals surface area contributed by atoms with Gasteiger partial charge in [-0.1, -0.05) is 60.7 Å². The molecule has 0 aliphatic rings. The summed E-state index contributed by atoms with van der Waals surface area (Å²) in [5.41, 5.74) is 0.996. The molecule has 3 aromatic carbocycles. The van der Waals surface area contributed by atoms with Crippen molar-refractivity contribution in [1.29, 1.82) is 0 Å². The second-order valence-electron chi connectivity index (χ2n) is 6.65. The highest BCUT2D eigenvalue weighted by Crippen LogP contribution is 2.20. The van der Waals surface area contributed by atoms with Crippen LogP contribution in [0.1, 0.15) is 18.9 Å². The summed E-state index contributed by atoms with van der Waals surface area (Å²) in [5.74, 6) is 0.155. The summed E-state index contributed by atoms with van der Waals surface area (Å²) in [5, 5.41) is 2.17. The molecule has 0 fully saturated rings. The average molecular weight is 391 g/mol. The lowest BCUT2D eigenvalue weighted by molar-refractivity contribution is -0.144. The van der Waals surface area contributed by atoms with Gasteiger partial charge in [-0.05, 0) is 35.4 Å². The van der Waals surface area contributed by atoms with Crippen LogP contribution in [0, 0.1) is 0 Å². The number of esters is 1. The third kappa shape index (κ3) is 6.07. The van der Waals surface area contributed by atoms with Gasteiger partial charge in [0.15, 0.2) is 6.61 Å². The summed E-state index contributed by atoms with van der Waals surface area (Å²) in [6.45, 7) is 2.71. The van der Waals surface area contributed by atoms with E-state index in [9.17, 15) is 9.59 Å². The van der Waals surface area contributed by atoms with Crippen molar-refractivity contribution in [1.82, 2.24) is 4.90 Å². The molecule has 0 N–H and O–H groups in total. The molecule has 0 aliphatic heterocycles. The van der Waals surface area contributed by atoms with E-state index in [1.165, 1.54) is 0 Å². The molecule has 0 atom stereocenters. The predicted octanol–water partition coefficient (Wildman–Crippen LogP) is 4.20. The second kappa shape index (κ2) is 10.3. The first kappa shape index (κ1) is 20.4. The third-order valence-corrected chi connectivity index (χ3v) is 4.54. The van der Waals surface area contributed by atoms with E-state index in [0.29, 0.717) is 18.9 Å². The van der Waals surface area contributed by atoms with Crippen molar-refractivity contribution in [2.75, 3.05) is 19.8 Å². The van der Waals surface area contributed by atoms with Gasteiger partial charge < -0.3 is 14.4 Å². The number of rotatable bonds is 9. The Morgan fingerprint density at radius 2 is 1.62 bits per heavy atom. The number of ether oxygens (including phenoxy) is 2. The highest BCUT2D eigenvalue weighted by molar-refractivity contribution is 5.84. The molecule has 1 amide bonds. The van der Waals surface area contributed by atoms with Crippen molar-refractivity contribution in [2.24, 2.45) is 0 Å². The summed E-state index contributed by atoms with van der Waals surface area (Å²) in [7, 11) is 0. The van der Waals surface area contributed by atoms with Gasteiger partial charge in [-0.2, -0.15) is 0 Å². The summed E-state index contributed by atoms with van der Waals surface area (Å²) in [6.07, 6.45) is 0.155. The van der Waals surface area contributed by atoms with Crippen LogP contribution in [0.3, 0.4) is 0 Å². The van der Waals surface area contributed by atoms with Crippen molar-refractivity contribution < 1.29 is 19.1 Å². The van der Waals surface area contributed by atoms with Crippen molar-refractivity contribution in [3.05, 3.63) is 78.4 Å². The highest BCUT2D eigenvalue weighted by atomic mass is 16.5. The SMILES string of the molecule is CCOC(=O)CCN(Cc1ccccc1)C(=O)COc1ccc2ccccc2c1. The van der Waals surface area contributed by atoms with Gasteiger partial charge >= 0.3 is 5.97 Å². The summed E-state index contributed by atoms with van der Waals surface area (Å²) >= 11 is 0.